The second kappa shape index (κ2) is 3.18. The van der Waals surface area contributed by atoms with Crippen molar-refractivity contribution >= 4 is 18.2 Å². The van der Waals surface area contributed by atoms with Crippen LogP contribution < -0.4 is 5.73 Å². The highest BCUT2D eigenvalue weighted by atomic mass is 14.6. The van der Waals surface area contributed by atoms with Crippen molar-refractivity contribution in [2.75, 3.05) is 0 Å². The van der Waals surface area contributed by atoms with Gasteiger partial charge in [-0.15, -0.1) is 0 Å². The van der Waals surface area contributed by atoms with Crippen molar-refractivity contribution < 1.29 is 0 Å². The Bertz CT molecular complexity index is 439. The molecule has 1 aliphatic rings. The van der Waals surface area contributed by atoms with Crippen molar-refractivity contribution in [3.63, 3.8) is 0 Å². The summed E-state index contributed by atoms with van der Waals surface area (Å²) in [5.41, 5.74) is 11.5. The molecule has 0 saturated carbocycles. The summed E-state index contributed by atoms with van der Waals surface area (Å²) in [7, 11) is 0. The summed E-state index contributed by atoms with van der Waals surface area (Å²) >= 11 is 0. The van der Waals surface area contributed by atoms with Crippen LogP contribution in [0.25, 0.3) is 18.2 Å². The average Bonchev–Trinajstić information content (AvgIpc) is 2.56. The quantitative estimate of drug-likeness (QED) is 0.749. The maximum atomic E-state index is 5.80. The van der Waals surface area contributed by atoms with E-state index in [0.29, 0.717) is 0 Å². The van der Waals surface area contributed by atoms with Gasteiger partial charge in [-0.3, -0.25) is 0 Å². The summed E-state index contributed by atoms with van der Waals surface area (Å²) in [6.45, 7) is 7.61. The SMILES string of the molecule is C=Cc1ccc2c(c1C=C)C=C(N)C2. The summed E-state index contributed by atoms with van der Waals surface area (Å²) < 4.78 is 0. The Morgan fingerprint density at radius 1 is 1.21 bits per heavy atom. The number of nitrogens with two attached hydrogens (primary N) is 1. The molecule has 0 bridgehead atoms. The van der Waals surface area contributed by atoms with Gasteiger partial charge in [0.2, 0.25) is 0 Å². The molecule has 0 saturated heterocycles. The van der Waals surface area contributed by atoms with Gasteiger partial charge in [-0.05, 0) is 28.3 Å². The van der Waals surface area contributed by atoms with Crippen LogP contribution in [0.3, 0.4) is 0 Å². The topological polar surface area (TPSA) is 26.0 Å². The van der Waals surface area contributed by atoms with Crippen LogP contribution in [0.1, 0.15) is 22.3 Å². The molecule has 1 aliphatic carbocycles. The molecule has 14 heavy (non-hydrogen) atoms. The van der Waals surface area contributed by atoms with Gasteiger partial charge >= 0.3 is 0 Å². The molecular formula is C13H13N. The molecule has 0 aromatic heterocycles. The van der Waals surface area contributed by atoms with E-state index < -0.39 is 0 Å². The molecule has 1 aromatic rings. The van der Waals surface area contributed by atoms with Crippen LogP contribution in [0.15, 0.2) is 31.0 Å². The first-order valence-electron chi connectivity index (χ1n) is 4.63. The van der Waals surface area contributed by atoms with Gasteiger partial charge in [0, 0.05) is 12.1 Å². The van der Waals surface area contributed by atoms with E-state index in [0.717, 1.165) is 23.2 Å². The smallest absolute Gasteiger partial charge is 0.0132 e. The van der Waals surface area contributed by atoms with E-state index in [1.807, 2.05) is 18.2 Å². The number of fused-ring (bicyclic) bond motifs is 1. The zero-order valence-corrected chi connectivity index (χ0v) is 8.09. The molecule has 0 atom stereocenters. The van der Waals surface area contributed by atoms with Gasteiger partial charge in [-0.1, -0.05) is 37.4 Å². The van der Waals surface area contributed by atoms with Gasteiger partial charge in [-0.25, -0.2) is 0 Å². The van der Waals surface area contributed by atoms with Crippen LogP contribution in [-0.4, -0.2) is 0 Å². The minimum atomic E-state index is 0.855. The Morgan fingerprint density at radius 3 is 2.64 bits per heavy atom. The van der Waals surface area contributed by atoms with E-state index in [-0.39, 0.29) is 0 Å². The third kappa shape index (κ3) is 1.18. The Morgan fingerprint density at radius 2 is 2.00 bits per heavy atom. The number of allylic oxidation sites excluding steroid dienone is 1. The molecule has 2 rings (SSSR count). The summed E-state index contributed by atoms with van der Waals surface area (Å²) in [5.74, 6) is 0. The average molecular weight is 183 g/mol. The lowest BCUT2D eigenvalue weighted by atomic mass is 9.98. The number of rotatable bonds is 2. The van der Waals surface area contributed by atoms with Gasteiger partial charge in [0.15, 0.2) is 0 Å². The minimum absolute atomic E-state index is 0.855. The van der Waals surface area contributed by atoms with Crippen molar-refractivity contribution in [1.82, 2.24) is 0 Å². The summed E-state index contributed by atoms with van der Waals surface area (Å²) in [6.07, 6.45) is 6.59. The van der Waals surface area contributed by atoms with E-state index in [9.17, 15) is 0 Å². The Kier molecular flexibility index (Phi) is 2.01. The van der Waals surface area contributed by atoms with Crippen LogP contribution in [-0.2, 0) is 6.42 Å². The van der Waals surface area contributed by atoms with Crippen molar-refractivity contribution in [2.45, 2.75) is 6.42 Å². The van der Waals surface area contributed by atoms with E-state index in [1.54, 1.807) is 0 Å². The molecule has 1 nitrogen and oxygen atoms in total. The van der Waals surface area contributed by atoms with Crippen LogP contribution in [0.4, 0.5) is 0 Å². The van der Waals surface area contributed by atoms with Crippen molar-refractivity contribution in [1.29, 1.82) is 0 Å². The first-order valence-corrected chi connectivity index (χ1v) is 4.63. The predicted octanol–water partition coefficient (Wildman–Crippen LogP) is 2.83. The molecule has 0 heterocycles. The van der Waals surface area contributed by atoms with Gasteiger partial charge < -0.3 is 5.73 Å². The van der Waals surface area contributed by atoms with E-state index in [2.05, 4.69) is 25.3 Å². The number of hydrogen-bond acceptors (Lipinski definition) is 1. The van der Waals surface area contributed by atoms with Crippen molar-refractivity contribution in [2.24, 2.45) is 5.73 Å². The third-order valence-corrected chi connectivity index (χ3v) is 2.56. The second-order valence-electron chi connectivity index (χ2n) is 3.45. The van der Waals surface area contributed by atoms with Crippen molar-refractivity contribution in [3.05, 3.63) is 53.2 Å². The van der Waals surface area contributed by atoms with E-state index >= 15 is 0 Å². The summed E-state index contributed by atoms with van der Waals surface area (Å²) in [5, 5.41) is 0. The van der Waals surface area contributed by atoms with Gasteiger partial charge in [0.1, 0.15) is 0 Å². The van der Waals surface area contributed by atoms with E-state index in [4.69, 9.17) is 5.73 Å². The normalized spacial score (nSPS) is 13.3. The lowest BCUT2D eigenvalue weighted by Crippen LogP contribution is -1.95. The maximum Gasteiger partial charge on any atom is 0.0132 e. The highest BCUT2D eigenvalue weighted by molar-refractivity contribution is 5.78. The van der Waals surface area contributed by atoms with Gasteiger partial charge in [-0.2, -0.15) is 0 Å². The highest BCUT2D eigenvalue weighted by Crippen LogP contribution is 2.29. The lowest BCUT2D eigenvalue weighted by Gasteiger charge is -2.06. The van der Waals surface area contributed by atoms with Crippen LogP contribution in [0.5, 0.6) is 0 Å². The first-order chi connectivity index (χ1) is 6.76. The molecule has 0 unspecified atom stereocenters. The number of benzene rings is 1. The standard InChI is InChI=1S/C13H13N/c1-3-9-5-6-10-7-11(14)8-13(10)12(9)4-2/h3-6,8H,1-2,7,14H2. The molecule has 0 aliphatic heterocycles. The fraction of sp³-hybridized carbons (Fsp3) is 0.0769. The molecule has 0 amide bonds. The Balaban J connectivity index is 2.69. The van der Waals surface area contributed by atoms with Crippen molar-refractivity contribution in [3.8, 4) is 0 Å². The van der Waals surface area contributed by atoms with Crippen LogP contribution in [0.2, 0.25) is 0 Å². The minimum Gasteiger partial charge on any atom is -0.402 e. The zero-order valence-electron chi connectivity index (χ0n) is 8.09. The zero-order chi connectivity index (χ0) is 10.1. The van der Waals surface area contributed by atoms with Crippen LogP contribution in [0, 0.1) is 0 Å². The second-order valence-corrected chi connectivity index (χ2v) is 3.45. The van der Waals surface area contributed by atoms with Crippen LogP contribution >= 0.6 is 0 Å². The molecule has 0 spiro atoms. The molecule has 70 valence electrons. The first kappa shape index (κ1) is 8.82. The van der Waals surface area contributed by atoms with Gasteiger partial charge in [0.05, 0.1) is 0 Å². The fourth-order valence-electron chi connectivity index (χ4n) is 1.89. The predicted molar refractivity (Wildman–Crippen MR) is 62.5 cm³/mol. The maximum absolute atomic E-state index is 5.80. The third-order valence-electron chi connectivity index (χ3n) is 2.56. The monoisotopic (exact) mass is 183 g/mol. The largest absolute Gasteiger partial charge is 0.402 e. The Hall–Kier alpha value is -1.76. The molecule has 2 N–H and O–H groups in total. The fourth-order valence-corrected chi connectivity index (χ4v) is 1.89. The van der Waals surface area contributed by atoms with E-state index in [1.165, 1.54) is 11.1 Å². The molecule has 0 radical (unpaired) electrons. The van der Waals surface area contributed by atoms with Gasteiger partial charge in [0.25, 0.3) is 0 Å². The molecule has 1 aromatic carbocycles. The molecule has 0 fully saturated rings. The summed E-state index contributed by atoms with van der Waals surface area (Å²) in [6, 6.07) is 4.17. The molecular weight excluding hydrogens is 170 g/mol. The number of hydrogen-bond donors (Lipinski definition) is 1. The molecule has 1 heteroatoms. The highest BCUT2D eigenvalue weighted by Gasteiger charge is 2.14. The summed E-state index contributed by atoms with van der Waals surface area (Å²) in [4.78, 5) is 0. The lowest BCUT2D eigenvalue weighted by molar-refractivity contribution is 1.16. The Labute approximate surface area is 84.3 Å².